The van der Waals surface area contributed by atoms with Gasteiger partial charge in [0.05, 0.1) is 6.61 Å². The van der Waals surface area contributed by atoms with Crippen LogP contribution < -0.4 is 0 Å². The maximum atomic E-state index is 11.3. The van der Waals surface area contributed by atoms with Gasteiger partial charge in [-0.3, -0.25) is 4.90 Å². The number of carbonyl (C=O) groups is 1. The van der Waals surface area contributed by atoms with E-state index in [4.69, 9.17) is 4.74 Å². The van der Waals surface area contributed by atoms with Gasteiger partial charge in [-0.15, -0.1) is 0 Å². The van der Waals surface area contributed by atoms with Gasteiger partial charge < -0.3 is 9.84 Å². The highest BCUT2D eigenvalue weighted by Gasteiger charge is 2.44. The first-order valence-corrected chi connectivity index (χ1v) is 4.22. The molecule has 0 aromatic rings. The van der Waals surface area contributed by atoms with Crippen molar-refractivity contribution in [3.8, 4) is 0 Å². The van der Waals surface area contributed by atoms with Crippen molar-refractivity contribution in [2.24, 2.45) is 0 Å². The quantitative estimate of drug-likeness (QED) is 0.595. The average molecular weight is 173 g/mol. The topological polar surface area (TPSA) is 49.8 Å². The predicted molar refractivity (Wildman–Crippen MR) is 43.4 cm³/mol. The molecule has 1 rings (SSSR count). The van der Waals surface area contributed by atoms with E-state index in [0.717, 1.165) is 13.0 Å². The van der Waals surface area contributed by atoms with Gasteiger partial charge in [0.2, 0.25) is 5.72 Å². The number of likely N-dealkylation sites (tertiary alicyclic amines) is 1. The molecule has 12 heavy (non-hydrogen) atoms. The Labute approximate surface area is 72.1 Å². The monoisotopic (exact) mass is 173 g/mol. The van der Waals surface area contributed by atoms with Crippen LogP contribution in [0.3, 0.4) is 0 Å². The van der Waals surface area contributed by atoms with Crippen LogP contribution in [0.25, 0.3) is 0 Å². The van der Waals surface area contributed by atoms with Gasteiger partial charge in [-0.1, -0.05) is 0 Å². The van der Waals surface area contributed by atoms with Crippen molar-refractivity contribution in [2.45, 2.75) is 25.5 Å². The predicted octanol–water partition coefficient (Wildman–Crippen LogP) is -0.0363. The van der Waals surface area contributed by atoms with Crippen molar-refractivity contribution in [3.05, 3.63) is 0 Å². The Kier molecular flexibility index (Phi) is 2.69. The summed E-state index contributed by atoms with van der Waals surface area (Å²) in [6, 6.07) is 0. The van der Waals surface area contributed by atoms with E-state index >= 15 is 0 Å². The first kappa shape index (κ1) is 9.48. The van der Waals surface area contributed by atoms with Gasteiger partial charge in [0.15, 0.2) is 0 Å². The molecule has 1 aliphatic rings. The number of rotatable bonds is 2. The summed E-state index contributed by atoms with van der Waals surface area (Å²) in [6.07, 6.45) is 1.31. The molecule has 0 aromatic heterocycles. The number of hydrogen-bond donors (Lipinski definition) is 1. The molecule has 1 unspecified atom stereocenters. The number of nitrogens with zero attached hydrogens (tertiary/aromatic N) is 1. The summed E-state index contributed by atoms with van der Waals surface area (Å²) < 4.78 is 4.77. The van der Waals surface area contributed by atoms with Crippen LogP contribution in [0.2, 0.25) is 0 Å². The molecule has 0 bridgehead atoms. The maximum Gasteiger partial charge on any atom is 0.353 e. The Balaban J connectivity index is 2.63. The molecule has 4 heteroatoms. The van der Waals surface area contributed by atoms with Gasteiger partial charge in [-0.2, -0.15) is 0 Å². The molecule has 0 aromatic carbocycles. The Morgan fingerprint density at radius 2 is 2.42 bits per heavy atom. The lowest BCUT2D eigenvalue weighted by Gasteiger charge is -2.27. The van der Waals surface area contributed by atoms with Crippen LogP contribution in [0.15, 0.2) is 0 Å². The molecule has 0 radical (unpaired) electrons. The minimum Gasteiger partial charge on any atom is -0.463 e. The first-order valence-electron chi connectivity index (χ1n) is 4.22. The number of hydrogen-bond acceptors (Lipinski definition) is 4. The van der Waals surface area contributed by atoms with Gasteiger partial charge in [0.1, 0.15) is 0 Å². The van der Waals surface area contributed by atoms with Crippen molar-refractivity contribution in [1.29, 1.82) is 0 Å². The molecule has 0 spiro atoms. The third-order valence-electron chi connectivity index (χ3n) is 2.25. The number of esters is 1. The molecule has 1 saturated heterocycles. The summed E-state index contributed by atoms with van der Waals surface area (Å²) in [5, 5.41) is 9.81. The van der Waals surface area contributed by atoms with Crippen LogP contribution in [0.1, 0.15) is 19.8 Å². The van der Waals surface area contributed by atoms with Gasteiger partial charge >= 0.3 is 5.97 Å². The zero-order valence-corrected chi connectivity index (χ0v) is 7.54. The third kappa shape index (κ3) is 1.44. The van der Waals surface area contributed by atoms with E-state index in [2.05, 4.69) is 0 Å². The maximum absolute atomic E-state index is 11.3. The van der Waals surface area contributed by atoms with Crippen molar-refractivity contribution < 1.29 is 14.6 Å². The molecule has 1 N–H and O–H groups in total. The highest BCUT2D eigenvalue weighted by atomic mass is 16.6. The van der Waals surface area contributed by atoms with E-state index in [1.165, 1.54) is 0 Å². The third-order valence-corrected chi connectivity index (χ3v) is 2.25. The number of likely N-dealkylation sites (N-methyl/N-ethyl adjacent to an activating group) is 1. The minimum absolute atomic E-state index is 0.314. The molecule has 0 amide bonds. The van der Waals surface area contributed by atoms with Crippen LogP contribution in [-0.4, -0.2) is 41.9 Å². The van der Waals surface area contributed by atoms with E-state index in [0.29, 0.717) is 13.0 Å². The molecule has 1 fully saturated rings. The lowest BCUT2D eigenvalue weighted by molar-refractivity contribution is -0.180. The number of carbonyl (C=O) groups excluding carboxylic acids is 1. The highest BCUT2D eigenvalue weighted by molar-refractivity contribution is 5.79. The second-order valence-corrected chi connectivity index (χ2v) is 3.06. The highest BCUT2D eigenvalue weighted by Crippen LogP contribution is 2.25. The summed E-state index contributed by atoms with van der Waals surface area (Å²) in [7, 11) is 1.73. The zero-order valence-electron chi connectivity index (χ0n) is 7.54. The van der Waals surface area contributed by atoms with Crippen LogP contribution in [-0.2, 0) is 9.53 Å². The number of ether oxygens (including phenoxy) is 1. The first-order chi connectivity index (χ1) is 5.61. The number of aliphatic hydroxyl groups is 1. The van der Waals surface area contributed by atoms with Crippen molar-refractivity contribution in [3.63, 3.8) is 0 Å². The van der Waals surface area contributed by atoms with Crippen LogP contribution in [0.5, 0.6) is 0 Å². The Bertz CT molecular complexity index is 183. The Hall–Kier alpha value is -0.610. The van der Waals surface area contributed by atoms with Gasteiger partial charge in [0.25, 0.3) is 0 Å². The second kappa shape index (κ2) is 3.41. The molecule has 0 saturated carbocycles. The largest absolute Gasteiger partial charge is 0.463 e. The van der Waals surface area contributed by atoms with E-state index < -0.39 is 11.7 Å². The summed E-state index contributed by atoms with van der Waals surface area (Å²) in [5.74, 6) is -0.523. The SMILES string of the molecule is CCOC(=O)C1(O)CCCN1C. The normalized spacial score (nSPS) is 30.6. The molecular formula is C8H15NO3. The lowest BCUT2D eigenvalue weighted by Crippen LogP contribution is -2.49. The van der Waals surface area contributed by atoms with Crippen molar-refractivity contribution in [1.82, 2.24) is 4.90 Å². The van der Waals surface area contributed by atoms with E-state index in [-0.39, 0.29) is 0 Å². The van der Waals surface area contributed by atoms with Gasteiger partial charge in [-0.05, 0) is 20.4 Å². The van der Waals surface area contributed by atoms with Crippen LogP contribution in [0.4, 0.5) is 0 Å². The van der Waals surface area contributed by atoms with Gasteiger partial charge in [0, 0.05) is 13.0 Å². The fourth-order valence-electron chi connectivity index (χ4n) is 1.44. The Morgan fingerprint density at radius 3 is 2.83 bits per heavy atom. The Morgan fingerprint density at radius 1 is 1.75 bits per heavy atom. The molecule has 4 nitrogen and oxygen atoms in total. The van der Waals surface area contributed by atoms with E-state index in [9.17, 15) is 9.90 Å². The average Bonchev–Trinajstić information content (AvgIpc) is 2.34. The van der Waals surface area contributed by atoms with Crippen molar-refractivity contribution >= 4 is 5.97 Å². The molecule has 1 atom stereocenters. The fourth-order valence-corrected chi connectivity index (χ4v) is 1.44. The second-order valence-electron chi connectivity index (χ2n) is 3.06. The molecule has 70 valence electrons. The summed E-state index contributed by atoms with van der Waals surface area (Å²) in [5.41, 5.74) is -1.37. The zero-order chi connectivity index (χ0) is 9.19. The smallest absolute Gasteiger partial charge is 0.353 e. The van der Waals surface area contributed by atoms with Crippen LogP contribution >= 0.6 is 0 Å². The summed E-state index contributed by atoms with van der Waals surface area (Å²) >= 11 is 0. The lowest BCUT2D eigenvalue weighted by atomic mass is 10.1. The van der Waals surface area contributed by atoms with E-state index in [1.807, 2.05) is 0 Å². The van der Waals surface area contributed by atoms with Crippen LogP contribution in [0, 0.1) is 0 Å². The molecule has 1 heterocycles. The molecule has 0 aliphatic carbocycles. The fraction of sp³-hybridized carbons (Fsp3) is 0.875. The van der Waals surface area contributed by atoms with E-state index in [1.54, 1.807) is 18.9 Å². The summed E-state index contributed by atoms with van der Waals surface area (Å²) in [4.78, 5) is 12.9. The standard InChI is InChI=1S/C8H15NO3/c1-3-12-7(10)8(11)5-4-6-9(8)2/h11H,3-6H2,1-2H3. The minimum atomic E-state index is -1.37. The van der Waals surface area contributed by atoms with Gasteiger partial charge in [-0.25, -0.2) is 4.79 Å². The van der Waals surface area contributed by atoms with Crippen molar-refractivity contribution in [2.75, 3.05) is 20.2 Å². The summed E-state index contributed by atoms with van der Waals surface area (Å²) in [6.45, 7) is 2.79. The molecule has 1 aliphatic heterocycles. The molecular weight excluding hydrogens is 158 g/mol.